The van der Waals surface area contributed by atoms with E-state index in [0.717, 1.165) is 93.3 Å². The summed E-state index contributed by atoms with van der Waals surface area (Å²) in [6.07, 6.45) is 8.33. The number of nitriles is 1. The number of likely N-dealkylation sites (tertiary alicyclic amines) is 2. The van der Waals surface area contributed by atoms with Crippen LogP contribution in [0.15, 0.2) is 66.9 Å². The minimum absolute atomic E-state index is 0.105. The van der Waals surface area contributed by atoms with Crippen molar-refractivity contribution in [1.29, 1.82) is 5.26 Å². The van der Waals surface area contributed by atoms with E-state index < -0.39 is 0 Å². The van der Waals surface area contributed by atoms with Gasteiger partial charge in [0.15, 0.2) is 5.78 Å². The molecule has 43 heavy (non-hydrogen) atoms. The Bertz CT molecular complexity index is 1670. The molecule has 0 radical (unpaired) electrons. The number of hydrogen-bond donors (Lipinski definition) is 1. The molecule has 0 spiro atoms. The Balaban J connectivity index is 0.916. The zero-order valence-electron chi connectivity index (χ0n) is 24.7. The lowest BCUT2D eigenvalue weighted by Crippen LogP contribution is -2.34. The number of carbonyl (C=O) groups excluding carboxylic acids is 1. The van der Waals surface area contributed by atoms with Crippen LogP contribution in [-0.2, 0) is 19.5 Å². The molecule has 3 aromatic carbocycles. The average molecular weight is 575 g/mol. The van der Waals surface area contributed by atoms with Crippen LogP contribution in [-0.4, -0.2) is 46.7 Å². The summed E-state index contributed by atoms with van der Waals surface area (Å²) in [7, 11) is 0. The molecule has 7 rings (SSSR count). The Kier molecular flexibility index (Phi) is 7.86. The molecule has 1 aromatic heterocycles. The van der Waals surface area contributed by atoms with Crippen LogP contribution in [0.3, 0.4) is 0 Å². The van der Waals surface area contributed by atoms with Gasteiger partial charge in [-0.3, -0.25) is 14.6 Å². The average Bonchev–Trinajstić information content (AvgIpc) is 3.58. The predicted molar refractivity (Wildman–Crippen MR) is 167 cm³/mol. The van der Waals surface area contributed by atoms with Crippen molar-refractivity contribution >= 4 is 16.7 Å². The highest BCUT2D eigenvalue weighted by Crippen LogP contribution is 2.37. The van der Waals surface area contributed by atoms with Crippen molar-refractivity contribution < 1.29 is 9.18 Å². The summed E-state index contributed by atoms with van der Waals surface area (Å²) in [5.41, 5.74) is 7.39. The van der Waals surface area contributed by atoms with Crippen LogP contribution in [0.2, 0.25) is 0 Å². The van der Waals surface area contributed by atoms with Gasteiger partial charge >= 0.3 is 0 Å². The lowest BCUT2D eigenvalue weighted by atomic mass is 9.85. The number of carbonyl (C=O) groups is 1. The minimum atomic E-state index is -0.120. The number of Topliss-reactive ketones (excluding diaryl/α,β-unsaturated/α-hetero) is 1. The largest absolute Gasteiger partial charge is 0.361 e. The number of H-pyrrole nitrogens is 1. The number of nitrogens with one attached hydrogen (secondary N) is 1. The minimum Gasteiger partial charge on any atom is -0.361 e. The van der Waals surface area contributed by atoms with E-state index >= 15 is 0 Å². The summed E-state index contributed by atoms with van der Waals surface area (Å²) in [6.45, 7) is 5.59. The number of ketones is 1. The molecule has 1 atom stereocenters. The van der Waals surface area contributed by atoms with Gasteiger partial charge in [-0.15, -0.1) is 0 Å². The number of halogens is 1. The lowest BCUT2D eigenvalue weighted by Gasteiger charge is -2.33. The normalized spacial score (nSPS) is 20.5. The lowest BCUT2D eigenvalue weighted by molar-refractivity contribution is 0.0895. The molecular weight excluding hydrogens is 535 g/mol. The molecule has 1 aliphatic carbocycles. The third-order valence-electron chi connectivity index (χ3n) is 10.3. The number of aromatic amines is 1. The first-order valence-corrected chi connectivity index (χ1v) is 15.9. The fourth-order valence-corrected chi connectivity index (χ4v) is 7.74. The van der Waals surface area contributed by atoms with Crippen molar-refractivity contribution in [2.45, 2.75) is 57.5 Å². The standard InChI is InChI=1S/C37H39FN4O/c38-35-4-2-1-3-29(35)23-41-13-9-25(10-14-41)17-31-20-30-19-28(6-7-33(30)37(31)43)27-11-15-42(16-12-27)24-32-22-40-36-8-5-26(21-39)18-34(32)36/h1-8,18-19,22,25,27,31,40H,9-17,20,23-24H2. The maximum absolute atomic E-state index is 14.1. The van der Waals surface area contributed by atoms with Crippen LogP contribution >= 0.6 is 0 Å². The van der Waals surface area contributed by atoms with Crippen LogP contribution < -0.4 is 0 Å². The number of nitrogens with zero attached hydrogens (tertiary/aromatic N) is 3. The Labute approximate surface area is 253 Å². The van der Waals surface area contributed by atoms with Crippen molar-refractivity contribution in [2.75, 3.05) is 26.2 Å². The first-order valence-electron chi connectivity index (χ1n) is 15.9. The second-order valence-corrected chi connectivity index (χ2v) is 13.0. The molecule has 0 bridgehead atoms. The van der Waals surface area contributed by atoms with Crippen molar-refractivity contribution in [3.8, 4) is 6.07 Å². The van der Waals surface area contributed by atoms with Crippen molar-refractivity contribution in [3.63, 3.8) is 0 Å². The molecule has 6 heteroatoms. The van der Waals surface area contributed by atoms with Gasteiger partial charge in [0.05, 0.1) is 11.6 Å². The molecule has 1 N–H and O–H groups in total. The molecule has 2 fully saturated rings. The fraction of sp³-hybridized carbons (Fsp3) is 0.405. The van der Waals surface area contributed by atoms with Crippen LogP contribution in [0.1, 0.15) is 76.2 Å². The highest BCUT2D eigenvalue weighted by atomic mass is 19.1. The third-order valence-corrected chi connectivity index (χ3v) is 10.3. The van der Waals surface area contributed by atoms with Gasteiger partial charge in [0, 0.05) is 47.2 Å². The first kappa shape index (κ1) is 28.0. The SMILES string of the molecule is N#Cc1ccc2[nH]cc(CN3CCC(c4ccc5c(c4)CC(CC4CCN(Cc6ccccc6F)CC4)C5=O)CC3)c2c1. The van der Waals surface area contributed by atoms with Crippen LogP contribution in [0.25, 0.3) is 10.9 Å². The Hall–Kier alpha value is -3.79. The smallest absolute Gasteiger partial charge is 0.166 e. The molecule has 5 nitrogen and oxygen atoms in total. The Morgan fingerprint density at radius 3 is 2.40 bits per heavy atom. The van der Waals surface area contributed by atoms with Crippen LogP contribution in [0.4, 0.5) is 4.39 Å². The van der Waals surface area contributed by atoms with Gasteiger partial charge in [0.1, 0.15) is 5.82 Å². The van der Waals surface area contributed by atoms with Gasteiger partial charge in [-0.05, 0) is 117 Å². The molecule has 3 aliphatic rings. The number of hydrogen-bond acceptors (Lipinski definition) is 4. The van der Waals surface area contributed by atoms with Gasteiger partial charge in [-0.2, -0.15) is 5.26 Å². The molecular formula is C37H39FN4O. The first-order chi connectivity index (χ1) is 21.0. The zero-order chi connectivity index (χ0) is 29.3. The highest BCUT2D eigenvalue weighted by molar-refractivity contribution is 6.02. The van der Waals surface area contributed by atoms with E-state index in [0.29, 0.717) is 29.7 Å². The van der Waals surface area contributed by atoms with Gasteiger partial charge in [0.2, 0.25) is 0 Å². The van der Waals surface area contributed by atoms with Crippen LogP contribution in [0.5, 0.6) is 0 Å². The van der Waals surface area contributed by atoms with E-state index in [-0.39, 0.29) is 11.7 Å². The van der Waals surface area contributed by atoms with E-state index in [1.54, 1.807) is 12.1 Å². The summed E-state index contributed by atoms with van der Waals surface area (Å²) in [4.78, 5) is 21.6. The summed E-state index contributed by atoms with van der Waals surface area (Å²) in [5.74, 6) is 1.41. The van der Waals surface area contributed by atoms with E-state index in [1.165, 1.54) is 16.7 Å². The molecule has 2 saturated heterocycles. The predicted octanol–water partition coefficient (Wildman–Crippen LogP) is 7.22. The molecule has 220 valence electrons. The zero-order valence-corrected chi connectivity index (χ0v) is 24.7. The summed E-state index contributed by atoms with van der Waals surface area (Å²) in [6, 6.07) is 21.8. The monoisotopic (exact) mass is 574 g/mol. The molecule has 4 aromatic rings. The van der Waals surface area contributed by atoms with Gasteiger partial charge < -0.3 is 4.98 Å². The van der Waals surface area contributed by atoms with Crippen LogP contribution in [0, 0.1) is 29.0 Å². The fourth-order valence-electron chi connectivity index (χ4n) is 7.74. The topological polar surface area (TPSA) is 63.1 Å². The number of rotatable bonds is 7. The molecule has 1 unspecified atom stereocenters. The maximum atomic E-state index is 14.1. The van der Waals surface area contributed by atoms with Gasteiger partial charge in [-0.1, -0.05) is 36.4 Å². The van der Waals surface area contributed by atoms with E-state index in [4.69, 9.17) is 0 Å². The molecule has 2 aliphatic heterocycles. The number of piperidine rings is 2. The highest BCUT2D eigenvalue weighted by Gasteiger charge is 2.34. The van der Waals surface area contributed by atoms with Crippen molar-refractivity contribution in [1.82, 2.24) is 14.8 Å². The summed E-state index contributed by atoms with van der Waals surface area (Å²) < 4.78 is 14.1. The van der Waals surface area contributed by atoms with Crippen molar-refractivity contribution in [3.05, 3.63) is 106 Å². The molecule has 3 heterocycles. The van der Waals surface area contributed by atoms with Gasteiger partial charge in [0.25, 0.3) is 0 Å². The second kappa shape index (κ2) is 12.1. The summed E-state index contributed by atoms with van der Waals surface area (Å²) >= 11 is 0. The number of fused-ring (bicyclic) bond motifs is 2. The maximum Gasteiger partial charge on any atom is 0.166 e. The quantitative estimate of drug-likeness (QED) is 0.253. The van der Waals surface area contributed by atoms with E-state index in [1.807, 2.05) is 30.3 Å². The molecule has 0 amide bonds. The summed E-state index contributed by atoms with van der Waals surface area (Å²) in [5, 5.41) is 10.4. The number of benzene rings is 3. The Morgan fingerprint density at radius 1 is 0.884 bits per heavy atom. The molecule has 0 saturated carbocycles. The van der Waals surface area contributed by atoms with E-state index in [9.17, 15) is 14.4 Å². The second-order valence-electron chi connectivity index (χ2n) is 13.0. The third kappa shape index (κ3) is 5.89. The number of aromatic nitrogens is 1. The Morgan fingerprint density at radius 2 is 1.63 bits per heavy atom. The van der Waals surface area contributed by atoms with E-state index in [2.05, 4.69) is 45.2 Å². The van der Waals surface area contributed by atoms with Crippen molar-refractivity contribution in [2.24, 2.45) is 11.8 Å². The van der Waals surface area contributed by atoms with Gasteiger partial charge in [-0.25, -0.2) is 4.39 Å².